The van der Waals surface area contributed by atoms with Crippen LogP contribution in [0.4, 0.5) is 4.39 Å². The SMILES string of the molecule is CN(C)C(=O)c1nn(C)cc1-c1cc2c(OCC3CCCN3C)nc3c(F)c(-c4cccc5c4OCCC5)ncc3c2n1C1CCNC1. The molecule has 0 aliphatic carbocycles. The number of carbonyl (C=O) groups excluding carboxylic acids is 1. The summed E-state index contributed by atoms with van der Waals surface area (Å²) in [6.07, 6.45) is 8.42. The van der Waals surface area contributed by atoms with Gasteiger partial charge in [0.2, 0.25) is 5.88 Å². The minimum Gasteiger partial charge on any atom is -0.493 e. The smallest absolute Gasteiger partial charge is 0.274 e. The Kier molecular flexibility index (Phi) is 7.79. The summed E-state index contributed by atoms with van der Waals surface area (Å²) in [5.74, 6) is 0.356. The van der Waals surface area contributed by atoms with E-state index in [4.69, 9.17) is 19.4 Å². The highest BCUT2D eigenvalue weighted by Gasteiger charge is 2.31. The van der Waals surface area contributed by atoms with E-state index in [2.05, 4.69) is 26.9 Å². The first-order chi connectivity index (χ1) is 23.3. The van der Waals surface area contributed by atoms with Gasteiger partial charge in [-0.1, -0.05) is 12.1 Å². The van der Waals surface area contributed by atoms with Crippen molar-refractivity contribution in [1.82, 2.24) is 39.4 Å². The maximum absolute atomic E-state index is 17.0. The van der Waals surface area contributed by atoms with Crippen LogP contribution in [0.15, 0.2) is 36.7 Å². The van der Waals surface area contributed by atoms with Gasteiger partial charge in [0.1, 0.15) is 23.6 Å². The van der Waals surface area contributed by atoms with Gasteiger partial charge in [0.25, 0.3) is 5.91 Å². The fraction of sp³-hybridized carbons (Fsp3) is 0.444. The third kappa shape index (κ3) is 5.09. The van der Waals surface area contributed by atoms with Gasteiger partial charge in [-0.2, -0.15) is 5.10 Å². The lowest BCUT2D eigenvalue weighted by atomic mass is 9.99. The van der Waals surface area contributed by atoms with Gasteiger partial charge in [-0.05, 0) is 69.9 Å². The molecule has 0 radical (unpaired) electrons. The number of benzene rings is 1. The maximum Gasteiger partial charge on any atom is 0.274 e. The van der Waals surface area contributed by atoms with E-state index in [0.29, 0.717) is 47.1 Å². The molecule has 7 heterocycles. The fourth-order valence-electron chi connectivity index (χ4n) is 7.61. The van der Waals surface area contributed by atoms with E-state index in [0.717, 1.165) is 73.9 Å². The lowest BCUT2D eigenvalue weighted by Crippen LogP contribution is -2.30. The van der Waals surface area contributed by atoms with Crippen molar-refractivity contribution in [1.29, 1.82) is 0 Å². The van der Waals surface area contributed by atoms with Gasteiger partial charge < -0.3 is 29.2 Å². The van der Waals surface area contributed by atoms with Crippen LogP contribution in [0, 0.1) is 5.82 Å². The Balaban J connectivity index is 1.39. The highest BCUT2D eigenvalue weighted by molar-refractivity contribution is 6.10. The zero-order chi connectivity index (χ0) is 33.1. The number of fused-ring (bicyclic) bond motifs is 4. The second kappa shape index (κ2) is 12.2. The molecule has 0 saturated carbocycles. The summed E-state index contributed by atoms with van der Waals surface area (Å²) >= 11 is 0. The average Bonchev–Trinajstić information content (AvgIpc) is 3.90. The largest absolute Gasteiger partial charge is 0.493 e. The third-order valence-electron chi connectivity index (χ3n) is 10.1. The number of nitrogens with one attached hydrogen (secondary N) is 1. The van der Waals surface area contributed by atoms with Gasteiger partial charge in [0, 0.05) is 68.7 Å². The van der Waals surface area contributed by atoms with Crippen LogP contribution in [0.2, 0.25) is 0 Å². The molecule has 3 aliphatic rings. The average molecular weight is 653 g/mol. The number of pyridine rings is 2. The minimum atomic E-state index is -0.511. The van der Waals surface area contributed by atoms with Crippen molar-refractivity contribution < 1.29 is 18.7 Å². The number of likely N-dealkylation sites (tertiary alicyclic amines) is 1. The summed E-state index contributed by atoms with van der Waals surface area (Å²) in [5, 5.41) is 9.42. The summed E-state index contributed by atoms with van der Waals surface area (Å²) in [6, 6.07) is 8.14. The van der Waals surface area contributed by atoms with Gasteiger partial charge in [-0.15, -0.1) is 0 Å². The summed E-state index contributed by atoms with van der Waals surface area (Å²) in [6.45, 7) is 3.61. The standard InChI is InChI=1S/C36H41FN8O3/c1-42(2)36(46)32-27(19-44(4)41-32)28-16-25-33(45(28)22-12-13-38-17-22)26-18-39-30(24-11-5-8-21-9-7-15-47-34(21)24)29(37)31(26)40-35(25)48-20-23-10-6-14-43(23)3/h5,8,11,16,18-19,22-23,38H,6-7,9-10,12-15,17,20H2,1-4H3. The van der Waals surface area contributed by atoms with E-state index >= 15 is 4.39 Å². The maximum atomic E-state index is 17.0. The van der Waals surface area contributed by atoms with Crippen LogP contribution >= 0.6 is 0 Å². The normalized spacial score (nSPS) is 19.6. The highest BCUT2D eigenvalue weighted by atomic mass is 19.1. The number of aromatic nitrogens is 5. The van der Waals surface area contributed by atoms with E-state index in [1.54, 1.807) is 25.0 Å². The molecule has 2 unspecified atom stereocenters. The first kappa shape index (κ1) is 30.8. The Hall–Kier alpha value is -4.55. The van der Waals surface area contributed by atoms with Crippen molar-refractivity contribution in [3.8, 4) is 34.1 Å². The number of halogens is 1. The summed E-state index contributed by atoms with van der Waals surface area (Å²) in [5.41, 5.74) is 4.74. The number of amides is 1. The predicted molar refractivity (Wildman–Crippen MR) is 182 cm³/mol. The number of hydrogen-bond donors (Lipinski definition) is 1. The van der Waals surface area contributed by atoms with Gasteiger partial charge >= 0.3 is 0 Å². The second-order valence-electron chi connectivity index (χ2n) is 13.5. The van der Waals surface area contributed by atoms with Crippen LogP contribution in [0.25, 0.3) is 44.3 Å². The van der Waals surface area contributed by atoms with E-state index in [1.165, 1.54) is 4.90 Å². The van der Waals surface area contributed by atoms with Crippen molar-refractivity contribution in [3.63, 3.8) is 0 Å². The first-order valence-electron chi connectivity index (χ1n) is 16.9. The molecule has 48 heavy (non-hydrogen) atoms. The zero-order valence-electron chi connectivity index (χ0n) is 27.9. The molecular weight excluding hydrogens is 611 g/mol. The van der Waals surface area contributed by atoms with Gasteiger partial charge in [-0.3, -0.25) is 14.5 Å². The van der Waals surface area contributed by atoms with Gasteiger partial charge in [-0.25, -0.2) is 9.37 Å². The molecule has 5 aromatic rings. The van der Waals surface area contributed by atoms with Crippen molar-refractivity contribution in [2.24, 2.45) is 7.05 Å². The van der Waals surface area contributed by atoms with Crippen molar-refractivity contribution in [2.75, 3.05) is 54.0 Å². The van der Waals surface area contributed by atoms with Crippen LogP contribution in [-0.2, 0) is 13.5 Å². The molecule has 2 fully saturated rings. The molecular formula is C36H41FN8O3. The molecule has 8 rings (SSSR count). The molecule has 2 saturated heterocycles. The number of aryl methyl sites for hydroxylation is 2. The lowest BCUT2D eigenvalue weighted by molar-refractivity contribution is 0.0822. The quantitative estimate of drug-likeness (QED) is 0.267. The van der Waals surface area contributed by atoms with Gasteiger partial charge in [0.15, 0.2) is 11.5 Å². The number of hydrogen-bond acceptors (Lipinski definition) is 8. The highest BCUT2D eigenvalue weighted by Crippen LogP contribution is 2.44. The lowest BCUT2D eigenvalue weighted by Gasteiger charge is -2.22. The first-order valence-corrected chi connectivity index (χ1v) is 16.9. The Morgan fingerprint density at radius 2 is 2.04 bits per heavy atom. The molecule has 0 spiro atoms. The second-order valence-corrected chi connectivity index (χ2v) is 13.5. The summed E-state index contributed by atoms with van der Waals surface area (Å²) in [4.78, 5) is 26.9. The fourth-order valence-corrected chi connectivity index (χ4v) is 7.61. The molecule has 0 bridgehead atoms. The van der Waals surface area contributed by atoms with Gasteiger partial charge in [0.05, 0.1) is 23.2 Å². The van der Waals surface area contributed by atoms with Crippen LogP contribution in [0.1, 0.15) is 47.8 Å². The van der Waals surface area contributed by atoms with Crippen LogP contribution in [0.5, 0.6) is 11.6 Å². The number of ether oxygens (including phenoxy) is 2. The number of carbonyl (C=O) groups is 1. The molecule has 2 atom stereocenters. The molecule has 12 heteroatoms. The Morgan fingerprint density at radius 1 is 1.17 bits per heavy atom. The molecule has 1 aromatic carbocycles. The predicted octanol–water partition coefficient (Wildman–Crippen LogP) is 4.83. The Labute approximate surface area is 278 Å². The van der Waals surface area contributed by atoms with Crippen molar-refractivity contribution in [2.45, 2.75) is 44.2 Å². The molecule has 3 aliphatic heterocycles. The van der Waals surface area contributed by atoms with Crippen LogP contribution in [0.3, 0.4) is 0 Å². The molecule has 1 N–H and O–H groups in total. The summed E-state index contributed by atoms with van der Waals surface area (Å²) in [7, 11) is 7.37. The van der Waals surface area contributed by atoms with Crippen LogP contribution < -0.4 is 14.8 Å². The van der Waals surface area contributed by atoms with Crippen molar-refractivity contribution >= 4 is 27.7 Å². The topological polar surface area (TPSA) is 103 Å². The summed E-state index contributed by atoms with van der Waals surface area (Å²) < 4.78 is 33.5. The van der Waals surface area contributed by atoms with E-state index in [9.17, 15) is 4.79 Å². The zero-order valence-corrected chi connectivity index (χ0v) is 27.9. The third-order valence-corrected chi connectivity index (χ3v) is 10.1. The Morgan fingerprint density at radius 3 is 2.81 bits per heavy atom. The monoisotopic (exact) mass is 652 g/mol. The Bertz CT molecular complexity index is 2050. The molecule has 250 valence electrons. The molecule has 4 aromatic heterocycles. The molecule has 1 amide bonds. The van der Waals surface area contributed by atoms with E-state index in [1.807, 2.05) is 37.5 Å². The number of nitrogens with zero attached hydrogens (tertiary/aromatic N) is 7. The number of rotatable bonds is 7. The van der Waals surface area contributed by atoms with E-state index in [-0.39, 0.29) is 29.2 Å². The van der Waals surface area contributed by atoms with Crippen LogP contribution in [-0.4, -0.2) is 100 Å². The van der Waals surface area contributed by atoms with Crippen molar-refractivity contribution in [3.05, 3.63) is 53.7 Å². The number of para-hydroxylation sites is 1. The minimum absolute atomic E-state index is 0.0386. The molecule has 11 nitrogen and oxygen atoms in total. The number of likely N-dealkylation sites (N-methyl/N-ethyl adjacent to an activating group) is 1. The van der Waals surface area contributed by atoms with E-state index < -0.39 is 5.82 Å².